The van der Waals surface area contributed by atoms with Crippen molar-refractivity contribution in [3.05, 3.63) is 91.7 Å². The van der Waals surface area contributed by atoms with Gasteiger partial charge in [0.15, 0.2) is 29.2 Å². The summed E-state index contributed by atoms with van der Waals surface area (Å²) < 4.78 is 29.2. The van der Waals surface area contributed by atoms with Gasteiger partial charge < -0.3 is 39.4 Å². The van der Waals surface area contributed by atoms with E-state index in [2.05, 4.69) is 49.8 Å². The summed E-state index contributed by atoms with van der Waals surface area (Å²) in [5, 5.41) is 29.4. The number of ether oxygens (including phenoxy) is 5. The first-order valence-electron chi connectivity index (χ1n) is 15.0. The Labute approximate surface area is 292 Å². The third-order valence-electron chi connectivity index (χ3n) is 6.95. The number of nitriles is 1. The van der Waals surface area contributed by atoms with Crippen molar-refractivity contribution in [3.63, 3.8) is 0 Å². The monoisotopic (exact) mass is 769 g/mol. The lowest BCUT2D eigenvalue weighted by atomic mass is 9.95. The van der Waals surface area contributed by atoms with Crippen LogP contribution in [0.3, 0.4) is 0 Å². The van der Waals surface area contributed by atoms with Gasteiger partial charge in [-0.25, -0.2) is 9.59 Å². The number of rotatable bonds is 15. The first-order chi connectivity index (χ1) is 23.2. The summed E-state index contributed by atoms with van der Waals surface area (Å²) in [6.07, 6.45) is 0.356. The van der Waals surface area contributed by atoms with Crippen molar-refractivity contribution in [2.45, 2.75) is 39.6 Å². The predicted molar refractivity (Wildman–Crippen MR) is 185 cm³/mol. The Morgan fingerprint density at radius 1 is 1.08 bits per heavy atom. The zero-order chi connectivity index (χ0) is 34.6. The Hall–Kier alpha value is -5.01. The van der Waals surface area contributed by atoms with Gasteiger partial charge in [-0.3, -0.25) is 5.43 Å². The second kappa shape index (κ2) is 17.2. The number of aliphatic hydroxyl groups is 1. The molecule has 0 saturated carbocycles. The number of carbonyl (C=O) groups is 2. The molecule has 0 radical (unpaired) electrons. The lowest BCUT2D eigenvalue weighted by Crippen LogP contribution is -2.45. The molecule has 0 aromatic heterocycles. The second-order valence-electron chi connectivity index (χ2n) is 10.2. The van der Waals surface area contributed by atoms with E-state index in [-0.39, 0.29) is 18.8 Å². The van der Waals surface area contributed by atoms with Crippen LogP contribution < -0.4 is 35.0 Å². The fourth-order valence-corrected chi connectivity index (χ4v) is 5.57. The van der Waals surface area contributed by atoms with E-state index in [4.69, 9.17) is 23.7 Å². The molecule has 1 aliphatic heterocycles. The van der Waals surface area contributed by atoms with Gasteiger partial charge in [0.25, 0.3) is 0 Å². The van der Waals surface area contributed by atoms with Gasteiger partial charge in [-0.1, -0.05) is 24.3 Å². The molecule has 0 spiro atoms. The maximum absolute atomic E-state index is 12.5. The van der Waals surface area contributed by atoms with Crippen LogP contribution in [-0.4, -0.2) is 56.5 Å². The Morgan fingerprint density at radius 3 is 2.56 bits per heavy atom. The molecule has 0 bridgehead atoms. The van der Waals surface area contributed by atoms with Crippen LogP contribution in [0, 0.1) is 14.9 Å². The van der Waals surface area contributed by atoms with Gasteiger partial charge in [0.1, 0.15) is 13.2 Å². The van der Waals surface area contributed by atoms with Gasteiger partial charge in [-0.05, 0) is 84.8 Å². The van der Waals surface area contributed by atoms with Crippen molar-refractivity contribution in [1.82, 2.24) is 16.1 Å². The standard InChI is InChI=1S/C34H36IN5O8/c1-5-45-27-15-22(31-30(33(42)44-4)20(3)38-34(43)39-31)11-12-26(27)47-19-29(41)40-37-17-21-13-25(35)32(28(14-21)46-6-2)48-18-24-10-8-7-9-23(24)16-36/h7-15,17,29,31,40-41H,5-6,18-19H2,1-4H3,(H2,38,39,43)/b37-17-/t29-,31+/m0/s1. The van der Waals surface area contributed by atoms with Gasteiger partial charge in [0.05, 0.1) is 53.4 Å². The number of benzene rings is 3. The Morgan fingerprint density at radius 2 is 1.83 bits per heavy atom. The number of amides is 2. The molecule has 4 rings (SSSR count). The number of nitrogens with zero attached hydrogens (tertiary/aromatic N) is 2. The van der Waals surface area contributed by atoms with E-state index in [1.165, 1.54) is 13.3 Å². The SMILES string of the molecule is CCOc1cc([C@H]2NC(=O)NC(C)=C2C(=O)OC)ccc1OC[C@H](O)N/N=C\c1cc(I)c(OCc2ccccc2C#N)c(OCC)c1. The van der Waals surface area contributed by atoms with E-state index in [9.17, 15) is 20.0 Å². The van der Waals surface area contributed by atoms with Crippen molar-refractivity contribution in [3.8, 4) is 29.1 Å². The number of hydrogen-bond acceptors (Lipinski definition) is 11. The van der Waals surface area contributed by atoms with Gasteiger partial charge in [0.2, 0.25) is 0 Å². The third-order valence-corrected chi connectivity index (χ3v) is 7.75. The Balaban J connectivity index is 1.41. The number of urea groups is 1. The van der Waals surface area contributed by atoms with Gasteiger partial charge >= 0.3 is 12.0 Å². The molecule has 2 atom stereocenters. The highest BCUT2D eigenvalue weighted by Gasteiger charge is 2.32. The van der Waals surface area contributed by atoms with E-state index in [0.717, 1.165) is 9.13 Å². The minimum absolute atomic E-state index is 0.175. The highest BCUT2D eigenvalue weighted by Crippen LogP contribution is 2.36. The third kappa shape index (κ3) is 9.07. The molecule has 3 aromatic carbocycles. The number of halogens is 1. The number of methoxy groups -OCH3 is 1. The molecule has 13 nitrogen and oxygen atoms in total. The molecule has 48 heavy (non-hydrogen) atoms. The summed E-state index contributed by atoms with van der Waals surface area (Å²) in [7, 11) is 1.27. The quantitative estimate of drug-likeness (QED) is 0.0560. The van der Waals surface area contributed by atoms with Gasteiger partial charge in [0, 0.05) is 11.3 Å². The number of esters is 1. The van der Waals surface area contributed by atoms with Crippen LogP contribution in [-0.2, 0) is 16.1 Å². The van der Waals surface area contributed by atoms with Crippen LogP contribution in [0.4, 0.5) is 4.79 Å². The minimum atomic E-state index is -1.18. The molecule has 252 valence electrons. The molecular weight excluding hydrogens is 733 g/mol. The fourth-order valence-electron chi connectivity index (χ4n) is 4.79. The van der Waals surface area contributed by atoms with Gasteiger partial charge in [-0.2, -0.15) is 10.4 Å². The van der Waals surface area contributed by atoms with E-state index in [0.29, 0.717) is 58.6 Å². The molecule has 3 aromatic rings. The highest BCUT2D eigenvalue weighted by molar-refractivity contribution is 14.1. The summed E-state index contributed by atoms with van der Waals surface area (Å²) in [4.78, 5) is 24.7. The summed E-state index contributed by atoms with van der Waals surface area (Å²) in [5.74, 6) is 1.19. The summed E-state index contributed by atoms with van der Waals surface area (Å²) in [5.41, 5.74) is 5.87. The lowest BCUT2D eigenvalue weighted by Gasteiger charge is -2.28. The van der Waals surface area contributed by atoms with Crippen LogP contribution in [0.2, 0.25) is 0 Å². The molecule has 0 unspecified atom stereocenters. The number of nitrogens with one attached hydrogen (secondary N) is 3. The number of hydrogen-bond donors (Lipinski definition) is 4. The molecule has 1 heterocycles. The largest absolute Gasteiger partial charge is 0.490 e. The summed E-state index contributed by atoms with van der Waals surface area (Å²) in [6, 6.07) is 16.8. The van der Waals surface area contributed by atoms with Crippen molar-refractivity contribution in [2.24, 2.45) is 5.10 Å². The highest BCUT2D eigenvalue weighted by atomic mass is 127. The first kappa shape index (κ1) is 35.8. The summed E-state index contributed by atoms with van der Waals surface area (Å²) in [6.45, 7) is 6.06. The van der Waals surface area contributed by atoms with Crippen molar-refractivity contribution >= 4 is 40.8 Å². The van der Waals surface area contributed by atoms with E-state index in [1.807, 2.05) is 32.0 Å². The molecule has 14 heteroatoms. The average molecular weight is 770 g/mol. The molecule has 0 fully saturated rings. The average Bonchev–Trinajstić information content (AvgIpc) is 3.07. The fraction of sp³-hybridized carbons (Fsp3) is 0.294. The minimum Gasteiger partial charge on any atom is -0.490 e. The number of carbonyl (C=O) groups excluding carboxylic acids is 2. The van der Waals surface area contributed by atoms with Crippen LogP contribution in [0.15, 0.2) is 71.0 Å². The van der Waals surface area contributed by atoms with Crippen LogP contribution >= 0.6 is 22.6 Å². The maximum Gasteiger partial charge on any atom is 0.337 e. The van der Waals surface area contributed by atoms with Crippen molar-refractivity contribution in [1.29, 1.82) is 5.26 Å². The molecule has 4 N–H and O–H groups in total. The number of allylic oxidation sites excluding steroid dienone is 1. The van der Waals surface area contributed by atoms with Crippen molar-refractivity contribution in [2.75, 3.05) is 26.9 Å². The smallest absolute Gasteiger partial charge is 0.337 e. The number of hydrazone groups is 1. The van der Waals surface area contributed by atoms with Crippen molar-refractivity contribution < 1.29 is 38.4 Å². The zero-order valence-corrected chi connectivity index (χ0v) is 29.0. The number of aliphatic hydroxyl groups excluding tert-OH is 1. The normalized spacial score (nSPS) is 14.8. The molecule has 0 saturated heterocycles. The van der Waals surface area contributed by atoms with Crippen LogP contribution in [0.5, 0.6) is 23.0 Å². The predicted octanol–water partition coefficient (Wildman–Crippen LogP) is 4.66. The molecule has 0 aliphatic carbocycles. The molecule has 1 aliphatic rings. The van der Waals surface area contributed by atoms with E-state index in [1.54, 1.807) is 43.3 Å². The Bertz CT molecular complexity index is 1740. The topological polar surface area (TPSA) is 173 Å². The van der Waals surface area contributed by atoms with E-state index >= 15 is 0 Å². The van der Waals surface area contributed by atoms with Crippen LogP contribution in [0.1, 0.15) is 49.1 Å². The lowest BCUT2D eigenvalue weighted by molar-refractivity contribution is -0.136. The zero-order valence-electron chi connectivity index (χ0n) is 26.8. The molecule has 2 amide bonds. The Kier molecular flexibility index (Phi) is 12.9. The maximum atomic E-state index is 12.5. The summed E-state index contributed by atoms with van der Waals surface area (Å²) >= 11 is 2.15. The van der Waals surface area contributed by atoms with E-state index < -0.39 is 24.3 Å². The second-order valence-corrected chi connectivity index (χ2v) is 11.4. The molecular formula is C34H36IN5O8. The van der Waals surface area contributed by atoms with Gasteiger partial charge in [-0.15, -0.1) is 0 Å². The first-order valence-corrected chi connectivity index (χ1v) is 16.1. The van der Waals surface area contributed by atoms with Crippen LogP contribution in [0.25, 0.3) is 0 Å².